The molecule has 2 fully saturated rings. The van der Waals surface area contributed by atoms with Crippen molar-refractivity contribution in [3.63, 3.8) is 0 Å². The third-order valence-electron chi connectivity index (χ3n) is 4.72. The van der Waals surface area contributed by atoms with Crippen LogP contribution in [0.4, 0.5) is 5.69 Å². The van der Waals surface area contributed by atoms with Crippen LogP contribution in [0.3, 0.4) is 0 Å². The Hall–Kier alpha value is -1.58. The molecule has 3 rings (SSSR count). The molecule has 3 heterocycles. The van der Waals surface area contributed by atoms with Crippen LogP contribution in [0.15, 0.2) is 24.5 Å². The number of amides is 1. The average Bonchev–Trinajstić information content (AvgIpc) is 2.84. The van der Waals surface area contributed by atoms with Crippen molar-refractivity contribution in [2.75, 3.05) is 31.1 Å². The van der Waals surface area contributed by atoms with Crippen LogP contribution in [0.25, 0.3) is 0 Å². The van der Waals surface area contributed by atoms with Crippen LogP contribution >= 0.6 is 0 Å². The van der Waals surface area contributed by atoms with Crippen molar-refractivity contribution >= 4 is 11.6 Å². The van der Waals surface area contributed by atoms with Gasteiger partial charge in [-0.1, -0.05) is 12.8 Å². The Kier molecular flexibility index (Phi) is 4.73. The summed E-state index contributed by atoms with van der Waals surface area (Å²) in [6, 6.07) is 4.08. The smallest absolute Gasteiger partial charge is 0.227 e. The number of likely N-dealkylation sites (tertiary alicyclic amines) is 1. The van der Waals surface area contributed by atoms with E-state index in [2.05, 4.69) is 14.8 Å². The van der Waals surface area contributed by atoms with E-state index in [4.69, 9.17) is 0 Å². The second-order valence-electron chi connectivity index (χ2n) is 6.23. The van der Waals surface area contributed by atoms with Gasteiger partial charge in [-0.3, -0.25) is 9.78 Å². The molecule has 2 aliphatic heterocycles. The van der Waals surface area contributed by atoms with Crippen molar-refractivity contribution in [1.82, 2.24) is 9.88 Å². The van der Waals surface area contributed by atoms with Crippen LogP contribution in [-0.2, 0) is 4.79 Å². The van der Waals surface area contributed by atoms with Crippen LogP contribution in [0, 0.1) is 5.92 Å². The topological polar surface area (TPSA) is 36.4 Å². The zero-order chi connectivity index (χ0) is 14.5. The molecular formula is C17H25N3O. The highest BCUT2D eigenvalue weighted by atomic mass is 16.2. The maximum absolute atomic E-state index is 12.8. The monoisotopic (exact) mass is 287 g/mol. The zero-order valence-electron chi connectivity index (χ0n) is 12.7. The highest BCUT2D eigenvalue weighted by molar-refractivity contribution is 5.79. The van der Waals surface area contributed by atoms with Crippen LogP contribution in [0.5, 0.6) is 0 Å². The zero-order valence-corrected chi connectivity index (χ0v) is 12.7. The molecule has 0 saturated carbocycles. The molecule has 21 heavy (non-hydrogen) atoms. The Morgan fingerprint density at radius 3 is 2.43 bits per heavy atom. The van der Waals surface area contributed by atoms with Crippen LogP contribution < -0.4 is 4.90 Å². The predicted octanol–water partition coefficient (Wildman–Crippen LogP) is 2.70. The van der Waals surface area contributed by atoms with Gasteiger partial charge >= 0.3 is 0 Å². The summed E-state index contributed by atoms with van der Waals surface area (Å²) >= 11 is 0. The molecule has 1 amide bonds. The Labute approximate surface area is 127 Å². The summed E-state index contributed by atoms with van der Waals surface area (Å²) in [5.41, 5.74) is 1.19. The second-order valence-corrected chi connectivity index (χ2v) is 6.23. The van der Waals surface area contributed by atoms with Crippen molar-refractivity contribution in [1.29, 1.82) is 0 Å². The molecule has 114 valence electrons. The SMILES string of the molecule is O=C(C1CCCN(c2ccncc2)C1)N1CCCCCC1. The molecule has 2 saturated heterocycles. The van der Waals surface area contributed by atoms with Gasteiger partial charge in [-0.05, 0) is 37.8 Å². The number of hydrogen-bond donors (Lipinski definition) is 0. The number of aromatic nitrogens is 1. The van der Waals surface area contributed by atoms with Crippen molar-refractivity contribution in [2.45, 2.75) is 38.5 Å². The summed E-state index contributed by atoms with van der Waals surface area (Å²) in [6.07, 6.45) is 10.7. The van der Waals surface area contributed by atoms with Crippen molar-refractivity contribution in [3.05, 3.63) is 24.5 Å². The summed E-state index contributed by atoms with van der Waals surface area (Å²) < 4.78 is 0. The highest BCUT2D eigenvalue weighted by Gasteiger charge is 2.29. The molecule has 0 aliphatic carbocycles. The van der Waals surface area contributed by atoms with Gasteiger partial charge < -0.3 is 9.80 Å². The van der Waals surface area contributed by atoms with E-state index in [1.807, 2.05) is 24.5 Å². The Morgan fingerprint density at radius 2 is 1.71 bits per heavy atom. The molecule has 0 radical (unpaired) electrons. The quantitative estimate of drug-likeness (QED) is 0.839. The van der Waals surface area contributed by atoms with Crippen LogP contribution in [0.2, 0.25) is 0 Å². The van der Waals surface area contributed by atoms with E-state index in [1.165, 1.54) is 31.4 Å². The Balaban J connectivity index is 1.63. The molecule has 4 heteroatoms. The number of rotatable bonds is 2. The lowest BCUT2D eigenvalue weighted by atomic mass is 9.96. The van der Waals surface area contributed by atoms with E-state index < -0.39 is 0 Å². The fourth-order valence-electron chi connectivity index (χ4n) is 3.52. The minimum Gasteiger partial charge on any atom is -0.371 e. The third-order valence-corrected chi connectivity index (χ3v) is 4.72. The van der Waals surface area contributed by atoms with E-state index in [1.54, 1.807) is 0 Å². The molecule has 1 aromatic heterocycles. The first-order chi connectivity index (χ1) is 10.3. The number of piperidine rings is 1. The Morgan fingerprint density at radius 1 is 1.00 bits per heavy atom. The van der Waals surface area contributed by atoms with Crippen molar-refractivity contribution < 1.29 is 4.79 Å². The van der Waals surface area contributed by atoms with Crippen LogP contribution in [-0.4, -0.2) is 42.0 Å². The lowest BCUT2D eigenvalue weighted by molar-refractivity contribution is -0.135. The van der Waals surface area contributed by atoms with E-state index in [0.717, 1.165) is 39.0 Å². The number of pyridine rings is 1. The largest absolute Gasteiger partial charge is 0.371 e. The summed E-state index contributed by atoms with van der Waals surface area (Å²) in [6.45, 7) is 3.84. The molecule has 0 bridgehead atoms. The number of hydrogen-bond acceptors (Lipinski definition) is 3. The van der Waals surface area contributed by atoms with Crippen LogP contribution in [0.1, 0.15) is 38.5 Å². The lowest BCUT2D eigenvalue weighted by Crippen LogP contribution is -2.45. The van der Waals surface area contributed by atoms with Gasteiger partial charge in [0, 0.05) is 44.3 Å². The molecule has 1 unspecified atom stereocenters. The first kappa shape index (κ1) is 14.4. The van der Waals surface area contributed by atoms with Gasteiger partial charge in [-0.15, -0.1) is 0 Å². The third kappa shape index (κ3) is 3.55. The molecule has 4 nitrogen and oxygen atoms in total. The van der Waals surface area contributed by atoms with Gasteiger partial charge in [-0.25, -0.2) is 0 Å². The first-order valence-electron chi connectivity index (χ1n) is 8.28. The summed E-state index contributed by atoms with van der Waals surface area (Å²) in [7, 11) is 0. The average molecular weight is 287 g/mol. The fourth-order valence-corrected chi connectivity index (χ4v) is 3.52. The van der Waals surface area contributed by atoms with Gasteiger partial charge in [0.25, 0.3) is 0 Å². The maximum Gasteiger partial charge on any atom is 0.227 e. The summed E-state index contributed by atoms with van der Waals surface area (Å²) in [5, 5.41) is 0. The summed E-state index contributed by atoms with van der Waals surface area (Å²) in [5.74, 6) is 0.556. The van der Waals surface area contributed by atoms with Gasteiger partial charge in [-0.2, -0.15) is 0 Å². The number of carbonyl (C=O) groups is 1. The fraction of sp³-hybridized carbons (Fsp3) is 0.647. The lowest BCUT2D eigenvalue weighted by Gasteiger charge is -2.36. The molecule has 1 atom stereocenters. The molecular weight excluding hydrogens is 262 g/mol. The predicted molar refractivity (Wildman–Crippen MR) is 84.2 cm³/mol. The van der Waals surface area contributed by atoms with E-state index in [-0.39, 0.29) is 5.92 Å². The number of anilines is 1. The first-order valence-corrected chi connectivity index (χ1v) is 8.28. The Bertz CT molecular complexity index is 454. The van der Waals surface area contributed by atoms with Gasteiger partial charge in [0.2, 0.25) is 5.91 Å². The van der Waals surface area contributed by atoms with E-state index in [0.29, 0.717) is 5.91 Å². The summed E-state index contributed by atoms with van der Waals surface area (Å²) in [4.78, 5) is 21.3. The molecule has 1 aromatic rings. The minimum atomic E-state index is 0.171. The van der Waals surface area contributed by atoms with Crippen molar-refractivity contribution in [3.8, 4) is 0 Å². The van der Waals surface area contributed by atoms with Gasteiger partial charge in [0.15, 0.2) is 0 Å². The normalized spacial score (nSPS) is 23.7. The highest BCUT2D eigenvalue weighted by Crippen LogP contribution is 2.24. The van der Waals surface area contributed by atoms with E-state index in [9.17, 15) is 4.79 Å². The maximum atomic E-state index is 12.8. The molecule has 0 spiro atoms. The minimum absolute atomic E-state index is 0.171. The molecule has 0 N–H and O–H groups in total. The standard InChI is InChI=1S/C17H25N3O/c21-17(19-11-3-1-2-4-12-19)15-6-5-13-20(14-15)16-7-9-18-10-8-16/h7-10,15H,1-6,11-14H2. The number of carbonyl (C=O) groups excluding carboxylic acids is 1. The van der Waals surface area contributed by atoms with E-state index >= 15 is 0 Å². The van der Waals surface area contributed by atoms with Gasteiger partial charge in [0.1, 0.15) is 0 Å². The number of nitrogens with zero attached hydrogens (tertiary/aromatic N) is 3. The molecule has 2 aliphatic rings. The molecule has 0 aromatic carbocycles. The van der Waals surface area contributed by atoms with Crippen molar-refractivity contribution in [2.24, 2.45) is 5.92 Å². The van der Waals surface area contributed by atoms with Gasteiger partial charge in [0.05, 0.1) is 5.92 Å². The second kappa shape index (κ2) is 6.92.